The van der Waals surface area contributed by atoms with Crippen LogP contribution in [0.15, 0.2) is 0 Å². The van der Waals surface area contributed by atoms with E-state index in [2.05, 4.69) is 27.7 Å². The van der Waals surface area contributed by atoms with E-state index in [-0.39, 0.29) is 0 Å². The van der Waals surface area contributed by atoms with Gasteiger partial charge in [-0.3, -0.25) is 0 Å². The van der Waals surface area contributed by atoms with Gasteiger partial charge in [-0.1, -0.05) is 51.9 Å². The molecule has 0 saturated carbocycles. The SMILES string of the molecule is CC[Si](CC)(CC)CC(C)COCCOCCOCCOC. The van der Waals surface area contributed by atoms with Gasteiger partial charge in [0.05, 0.1) is 47.7 Å². The summed E-state index contributed by atoms with van der Waals surface area (Å²) in [6, 6.07) is 5.59. The highest BCUT2D eigenvalue weighted by molar-refractivity contribution is 6.79. The van der Waals surface area contributed by atoms with E-state index in [9.17, 15) is 0 Å². The van der Waals surface area contributed by atoms with Gasteiger partial charge in [0.25, 0.3) is 0 Å². The monoisotopic (exact) mass is 334 g/mol. The van der Waals surface area contributed by atoms with Crippen LogP contribution in [-0.4, -0.2) is 61.4 Å². The lowest BCUT2D eigenvalue weighted by molar-refractivity contribution is 0.000148. The van der Waals surface area contributed by atoms with Gasteiger partial charge >= 0.3 is 0 Å². The number of ether oxygens (including phenoxy) is 4. The number of methoxy groups -OCH3 is 1. The fraction of sp³-hybridized carbons (Fsp3) is 1.00. The van der Waals surface area contributed by atoms with Crippen LogP contribution in [-0.2, 0) is 18.9 Å². The van der Waals surface area contributed by atoms with Gasteiger partial charge in [0.2, 0.25) is 0 Å². The van der Waals surface area contributed by atoms with Gasteiger partial charge < -0.3 is 18.9 Å². The van der Waals surface area contributed by atoms with Crippen LogP contribution in [0.5, 0.6) is 0 Å². The average molecular weight is 335 g/mol. The second kappa shape index (κ2) is 14.6. The van der Waals surface area contributed by atoms with Crippen molar-refractivity contribution in [2.45, 2.75) is 51.9 Å². The Balaban J connectivity index is 3.51. The van der Waals surface area contributed by atoms with Crippen molar-refractivity contribution < 1.29 is 18.9 Å². The summed E-state index contributed by atoms with van der Waals surface area (Å²) in [6.45, 7) is 14.2. The largest absolute Gasteiger partial charge is 0.382 e. The Labute approximate surface area is 138 Å². The lowest BCUT2D eigenvalue weighted by Gasteiger charge is -2.31. The molecule has 0 bridgehead atoms. The number of hydrogen-bond acceptors (Lipinski definition) is 4. The molecule has 1 atom stereocenters. The Kier molecular flexibility index (Phi) is 14.7. The molecule has 0 N–H and O–H groups in total. The molecule has 4 nitrogen and oxygen atoms in total. The maximum Gasteiger partial charge on any atom is 0.0701 e. The molecular formula is C17H38O4Si. The molecular weight excluding hydrogens is 296 g/mol. The maximum absolute atomic E-state index is 5.76. The van der Waals surface area contributed by atoms with Crippen molar-refractivity contribution in [2.75, 3.05) is 53.4 Å². The van der Waals surface area contributed by atoms with E-state index >= 15 is 0 Å². The quantitative estimate of drug-likeness (QED) is 0.317. The van der Waals surface area contributed by atoms with Crippen LogP contribution in [0.2, 0.25) is 24.2 Å². The van der Waals surface area contributed by atoms with E-state index in [1.165, 1.54) is 24.2 Å². The van der Waals surface area contributed by atoms with Crippen LogP contribution >= 0.6 is 0 Å². The molecule has 0 aromatic heterocycles. The van der Waals surface area contributed by atoms with Gasteiger partial charge in [-0.15, -0.1) is 0 Å². The van der Waals surface area contributed by atoms with Crippen molar-refractivity contribution in [1.82, 2.24) is 0 Å². The van der Waals surface area contributed by atoms with E-state index in [1.807, 2.05) is 0 Å². The zero-order valence-electron chi connectivity index (χ0n) is 15.5. The van der Waals surface area contributed by atoms with E-state index in [0.717, 1.165) is 6.61 Å². The second-order valence-corrected chi connectivity index (χ2v) is 11.7. The molecule has 0 radical (unpaired) electrons. The van der Waals surface area contributed by atoms with E-state index in [0.29, 0.717) is 45.6 Å². The van der Waals surface area contributed by atoms with Crippen LogP contribution < -0.4 is 0 Å². The Morgan fingerprint density at radius 1 is 0.727 bits per heavy atom. The highest BCUT2D eigenvalue weighted by Crippen LogP contribution is 2.28. The van der Waals surface area contributed by atoms with Crippen molar-refractivity contribution >= 4 is 8.07 Å². The van der Waals surface area contributed by atoms with E-state index in [4.69, 9.17) is 18.9 Å². The van der Waals surface area contributed by atoms with E-state index < -0.39 is 8.07 Å². The molecule has 0 saturated heterocycles. The molecule has 1 unspecified atom stereocenters. The first-order valence-electron chi connectivity index (χ1n) is 8.86. The fourth-order valence-electron chi connectivity index (χ4n) is 2.85. The predicted molar refractivity (Wildman–Crippen MR) is 95.5 cm³/mol. The standard InChI is InChI=1S/C17H38O4Si/c1-6-22(7-2,8-3)16-17(4)15-21-14-13-20-12-11-19-10-9-18-5/h17H,6-16H2,1-5H3. The van der Waals surface area contributed by atoms with Gasteiger partial charge in [-0.2, -0.15) is 0 Å². The predicted octanol–water partition coefficient (Wildman–Crippen LogP) is 3.83. The minimum Gasteiger partial charge on any atom is -0.382 e. The molecule has 0 aliphatic rings. The number of rotatable bonds is 16. The highest BCUT2D eigenvalue weighted by Gasteiger charge is 2.28. The van der Waals surface area contributed by atoms with Gasteiger partial charge in [0.1, 0.15) is 0 Å². The lowest BCUT2D eigenvalue weighted by atomic mass is 10.2. The van der Waals surface area contributed by atoms with E-state index in [1.54, 1.807) is 7.11 Å². The Morgan fingerprint density at radius 2 is 1.18 bits per heavy atom. The molecule has 0 amide bonds. The molecule has 134 valence electrons. The van der Waals surface area contributed by atoms with Gasteiger partial charge in [0.15, 0.2) is 0 Å². The Morgan fingerprint density at radius 3 is 1.64 bits per heavy atom. The summed E-state index contributed by atoms with van der Waals surface area (Å²) in [5.41, 5.74) is 0. The molecule has 5 heteroatoms. The summed E-state index contributed by atoms with van der Waals surface area (Å²) in [6.07, 6.45) is 0. The molecule has 22 heavy (non-hydrogen) atoms. The summed E-state index contributed by atoms with van der Waals surface area (Å²) in [5, 5.41) is 0. The molecule has 0 aliphatic carbocycles. The Bertz CT molecular complexity index is 226. The van der Waals surface area contributed by atoms with Crippen LogP contribution in [0.25, 0.3) is 0 Å². The Hall–Kier alpha value is 0.0569. The molecule has 0 fully saturated rings. The summed E-state index contributed by atoms with van der Waals surface area (Å²) in [7, 11) is 0.657. The molecule has 0 aromatic carbocycles. The first kappa shape index (κ1) is 22.1. The maximum atomic E-state index is 5.76. The first-order valence-corrected chi connectivity index (χ1v) is 11.7. The first-order chi connectivity index (χ1) is 10.6. The van der Waals surface area contributed by atoms with Crippen molar-refractivity contribution in [3.05, 3.63) is 0 Å². The number of hydrogen-bond donors (Lipinski definition) is 0. The van der Waals surface area contributed by atoms with Crippen LogP contribution in [0, 0.1) is 5.92 Å². The minimum absolute atomic E-state index is 0.622. The van der Waals surface area contributed by atoms with Crippen molar-refractivity contribution in [2.24, 2.45) is 5.92 Å². The fourth-order valence-corrected chi connectivity index (χ4v) is 6.81. The second-order valence-electron chi connectivity index (χ2n) is 6.16. The van der Waals surface area contributed by atoms with Crippen LogP contribution in [0.4, 0.5) is 0 Å². The summed E-state index contributed by atoms with van der Waals surface area (Å²) in [4.78, 5) is 0. The van der Waals surface area contributed by atoms with Crippen molar-refractivity contribution in [3.63, 3.8) is 0 Å². The van der Waals surface area contributed by atoms with Crippen molar-refractivity contribution in [3.8, 4) is 0 Å². The molecule has 0 rings (SSSR count). The third-order valence-electron chi connectivity index (χ3n) is 4.61. The topological polar surface area (TPSA) is 36.9 Å². The average Bonchev–Trinajstić information content (AvgIpc) is 2.54. The lowest BCUT2D eigenvalue weighted by Crippen LogP contribution is -2.34. The van der Waals surface area contributed by atoms with Crippen molar-refractivity contribution in [1.29, 1.82) is 0 Å². The molecule has 0 aliphatic heterocycles. The van der Waals surface area contributed by atoms with Gasteiger partial charge in [-0.25, -0.2) is 0 Å². The molecule has 0 aromatic rings. The van der Waals surface area contributed by atoms with Crippen LogP contribution in [0.1, 0.15) is 27.7 Å². The molecule has 0 spiro atoms. The van der Waals surface area contributed by atoms with Gasteiger partial charge in [-0.05, 0) is 5.92 Å². The smallest absolute Gasteiger partial charge is 0.0701 e. The zero-order valence-corrected chi connectivity index (χ0v) is 16.5. The minimum atomic E-state index is -1.02. The zero-order chi connectivity index (χ0) is 16.7. The van der Waals surface area contributed by atoms with Crippen LogP contribution in [0.3, 0.4) is 0 Å². The van der Waals surface area contributed by atoms with Gasteiger partial charge in [0, 0.05) is 13.7 Å². The highest BCUT2D eigenvalue weighted by atomic mass is 28.3. The summed E-state index contributed by atoms with van der Waals surface area (Å²) >= 11 is 0. The normalized spacial score (nSPS) is 13.5. The molecule has 0 heterocycles. The summed E-state index contributed by atoms with van der Waals surface area (Å²) < 4.78 is 21.5. The third-order valence-corrected chi connectivity index (χ3v) is 10.7. The summed E-state index contributed by atoms with van der Waals surface area (Å²) in [5.74, 6) is 0.670. The third kappa shape index (κ3) is 10.7.